The monoisotopic (exact) mass is 411 g/mol. The quantitative estimate of drug-likeness (QED) is 0.497. The molecule has 0 unspecified atom stereocenters. The molecule has 9 nitrogen and oxygen atoms in total. The number of aromatic nitrogens is 6. The molecule has 1 N–H and O–H groups in total. The molecule has 4 rings (SSSR count). The number of hydrogen-bond acceptors (Lipinski definition) is 6. The lowest BCUT2D eigenvalue weighted by molar-refractivity contribution is 0.579. The first-order chi connectivity index (χ1) is 14.0. The van der Waals surface area contributed by atoms with Gasteiger partial charge in [-0.2, -0.15) is 10.2 Å². The zero-order valence-electron chi connectivity index (χ0n) is 16.1. The SMILES string of the molecule is CCn1ncc(S(=O)(=O)NCCc2cc3nc(-c4ccncc4)ccn3n2)c1C. The highest BCUT2D eigenvalue weighted by Crippen LogP contribution is 2.17. The van der Waals surface area contributed by atoms with E-state index in [0.29, 0.717) is 24.3 Å². The van der Waals surface area contributed by atoms with Crippen molar-refractivity contribution in [3.63, 3.8) is 0 Å². The summed E-state index contributed by atoms with van der Waals surface area (Å²) in [6, 6.07) is 7.54. The molecule has 0 spiro atoms. The summed E-state index contributed by atoms with van der Waals surface area (Å²) in [6.45, 7) is 4.53. The van der Waals surface area contributed by atoms with Crippen molar-refractivity contribution in [2.75, 3.05) is 6.54 Å². The number of fused-ring (bicyclic) bond motifs is 1. The highest BCUT2D eigenvalue weighted by molar-refractivity contribution is 7.89. The molecule has 0 saturated carbocycles. The van der Waals surface area contributed by atoms with E-state index in [0.717, 1.165) is 17.0 Å². The molecule has 0 bridgehead atoms. The zero-order valence-corrected chi connectivity index (χ0v) is 17.0. The van der Waals surface area contributed by atoms with Crippen molar-refractivity contribution in [3.05, 3.63) is 60.4 Å². The van der Waals surface area contributed by atoms with Crippen LogP contribution in [0, 0.1) is 6.92 Å². The van der Waals surface area contributed by atoms with Crippen molar-refractivity contribution in [2.24, 2.45) is 0 Å². The van der Waals surface area contributed by atoms with Crippen LogP contribution in [0.15, 0.2) is 53.9 Å². The lowest BCUT2D eigenvalue weighted by atomic mass is 10.2. The van der Waals surface area contributed by atoms with Gasteiger partial charge in [-0.3, -0.25) is 9.67 Å². The summed E-state index contributed by atoms with van der Waals surface area (Å²) in [4.78, 5) is 8.84. The number of pyridine rings is 1. The Hall–Kier alpha value is -3.11. The van der Waals surface area contributed by atoms with Crippen LogP contribution in [-0.4, -0.2) is 44.3 Å². The molecular formula is C19H21N7O2S. The molecule has 0 aliphatic carbocycles. The van der Waals surface area contributed by atoms with Crippen molar-refractivity contribution >= 4 is 15.7 Å². The molecular weight excluding hydrogens is 390 g/mol. The Morgan fingerprint density at radius 1 is 1.17 bits per heavy atom. The molecule has 4 heterocycles. The third-order valence-corrected chi connectivity index (χ3v) is 6.24. The number of rotatable bonds is 7. The van der Waals surface area contributed by atoms with Crippen LogP contribution >= 0.6 is 0 Å². The summed E-state index contributed by atoms with van der Waals surface area (Å²) in [5.74, 6) is 0. The first kappa shape index (κ1) is 19.2. The van der Waals surface area contributed by atoms with E-state index in [9.17, 15) is 8.42 Å². The highest BCUT2D eigenvalue weighted by atomic mass is 32.2. The van der Waals surface area contributed by atoms with E-state index < -0.39 is 10.0 Å². The highest BCUT2D eigenvalue weighted by Gasteiger charge is 2.20. The van der Waals surface area contributed by atoms with Crippen molar-refractivity contribution in [1.29, 1.82) is 0 Å². The molecule has 4 aromatic heterocycles. The van der Waals surface area contributed by atoms with Crippen LogP contribution in [0.2, 0.25) is 0 Å². The van der Waals surface area contributed by atoms with Gasteiger partial charge in [-0.05, 0) is 32.0 Å². The summed E-state index contributed by atoms with van der Waals surface area (Å²) >= 11 is 0. The smallest absolute Gasteiger partial charge is 0.243 e. The van der Waals surface area contributed by atoms with Crippen molar-refractivity contribution in [2.45, 2.75) is 31.7 Å². The van der Waals surface area contributed by atoms with E-state index >= 15 is 0 Å². The maximum atomic E-state index is 12.5. The van der Waals surface area contributed by atoms with Crippen LogP contribution < -0.4 is 4.72 Å². The normalized spacial score (nSPS) is 11.9. The predicted molar refractivity (Wildman–Crippen MR) is 108 cm³/mol. The Morgan fingerprint density at radius 3 is 2.69 bits per heavy atom. The Labute approximate surface area is 168 Å². The van der Waals surface area contributed by atoms with E-state index in [2.05, 4.69) is 24.9 Å². The molecule has 4 aromatic rings. The van der Waals surface area contributed by atoms with E-state index in [1.165, 1.54) is 6.20 Å². The van der Waals surface area contributed by atoms with Crippen LogP contribution in [0.25, 0.3) is 16.9 Å². The van der Waals surface area contributed by atoms with E-state index in [-0.39, 0.29) is 11.4 Å². The first-order valence-electron chi connectivity index (χ1n) is 9.25. The predicted octanol–water partition coefficient (Wildman–Crippen LogP) is 1.84. The summed E-state index contributed by atoms with van der Waals surface area (Å²) in [7, 11) is -3.61. The summed E-state index contributed by atoms with van der Waals surface area (Å²) < 4.78 is 31.0. The number of aryl methyl sites for hydroxylation is 1. The fraction of sp³-hybridized carbons (Fsp3) is 0.263. The molecule has 0 fully saturated rings. The van der Waals surface area contributed by atoms with Crippen LogP contribution in [0.3, 0.4) is 0 Å². The molecule has 0 atom stereocenters. The lowest BCUT2D eigenvalue weighted by Gasteiger charge is -2.05. The van der Waals surface area contributed by atoms with Gasteiger partial charge in [0.25, 0.3) is 0 Å². The third-order valence-electron chi connectivity index (χ3n) is 4.67. The number of sulfonamides is 1. The Balaban J connectivity index is 1.46. The van der Waals surface area contributed by atoms with Gasteiger partial charge in [0.15, 0.2) is 5.65 Å². The molecule has 0 aliphatic heterocycles. The molecule has 0 amide bonds. The van der Waals surface area contributed by atoms with Crippen LogP contribution in [0.1, 0.15) is 18.3 Å². The van der Waals surface area contributed by atoms with Crippen LogP contribution in [0.4, 0.5) is 0 Å². The largest absolute Gasteiger partial charge is 0.269 e. The Morgan fingerprint density at radius 2 is 1.97 bits per heavy atom. The molecule has 0 aromatic carbocycles. The van der Waals surface area contributed by atoms with E-state index in [1.54, 1.807) is 28.5 Å². The minimum Gasteiger partial charge on any atom is -0.269 e. The Bertz CT molecular complexity index is 1250. The topological polar surface area (TPSA) is 107 Å². The van der Waals surface area contributed by atoms with E-state index in [1.807, 2.05) is 37.4 Å². The first-order valence-corrected chi connectivity index (χ1v) is 10.7. The van der Waals surface area contributed by atoms with Gasteiger partial charge >= 0.3 is 0 Å². The number of hydrogen-bond donors (Lipinski definition) is 1. The molecule has 29 heavy (non-hydrogen) atoms. The number of nitrogens with one attached hydrogen (secondary N) is 1. The standard InChI is InChI=1S/C19H21N7O2S/c1-3-25-14(2)18(13-21-25)29(27,28)22-10-6-16-12-19-23-17(7-11-26(19)24-16)15-4-8-20-9-5-15/h4-5,7-9,11-13,22H,3,6,10H2,1-2H3. The third kappa shape index (κ3) is 3.89. The van der Waals surface area contributed by atoms with Crippen molar-refractivity contribution in [1.82, 2.24) is 34.1 Å². The average Bonchev–Trinajstić information content (AvgIpc) is 3.30. The fourth-order valence-electron chi connectivity index (χ4n) is 3.14. The minimum absolute atomic E-state index is 0.206. The van der Waals surface area contributed by atoms with E-state index in [4.69, 9.17) is 0 Å². The summed E-state index contributed by atoms with van der Waals surface area (Å²) in [6.07, 6.45) is 7.13. The van der Waals surface area contributed by atoms with Crippen molar-refractivity contribution < 1.29 is 8.42 Å². The molecule has 0 saturated heterocycles. The maximum absolute atomic E-state index is 12.5. The molecule has 0 aliphatic rings. The second kappa shape index (κ2) is 7.72. The van der Waals surface area contributed by atoms with Gasteiger partial charge in [0.2, 0.25) is 10.0 Å². The van der Waals surface area contributed by atoms with Gasteiger partial charge in [0.05, 0.1) is 23.3 Å². The summed E-state index contributed by atoms with van der Waals surface area (Å²) in [5.41, 5.74) is 3.89. The fourth-order valence-corrected chi connectivity index (χ4v) is 4.34. The maximum Gasteiger partial charge on any atom is 0.243 e. The average molecular weight is 411 g/mol. The van der Waals surface area contributed by atoms with Gasteiger partial charge in [-0.15, -0.1) is 0 Å². The summed E-state index contributed by atoms with van der Waals surface area (Å²) in [5, 5.41) is 8.56. The lowest BCUT2D eigenvalue weighted by Crippen LogP contribution is -2.26. The molecule has 150 valence electrons. The molecule has 0 radical (unpaired) electrons. The van der Waals surface area contributed by atoms with Gasteiger partial charge < -0.3 is 0 Å². The second-order valence-electron chi connectivity index (χ2n) is 6.54. The van der Waals surface area contributed by atoms with Crippen LogP contribution in [-0.2, 0) is 23.0 Å². The Kier molecular flexibility index (Phi) is 5.12. The molecule has 10 heteroatoms. The van der Waals surface area contributed by atoms with Gasteiger partial charge in [-0.1, -0.05) is 0 Å². The zero-order chi connectivity index (χ0) is 20.4. The van der Waals surface area contributed by atoms with Gasteiger partial charge in [0.1, 0.15) is 4.90 Å². The second-order valence-corrected chi connectivity index (χ2v) is 8.28. The number of nitrogens with zero attached hydrogens (tertiary/aromatic N) is 6. The van der Waals surface area contributed by atoms with Gasteiger partial charge in [-0.25, -0.2) is 22.6 Å². The minimum atomic E-state index is -3.61. The van der Waals surface area contributed by atoms with Crippen LogP contribution in [0.5, 0.6) is 0 Å². The van der Waals surface area contributed by atoms with Gasteiger partial charge in [0, 0.05) is 49.7 Å². The van der Waals surface area contributed by atoms with Crippen molar-refractivity contribution in [3.8, 4) is 11.3 Å².